The third-order valence-corrected chi connectivity index (χ3v) is 5.19. The van der Waals surface area contributed by atoms with E-state index in [9.17, 15) is 0 Å². The summed E-state index contributed by atoms with van der Waals surface area (Å²) in [5, 5.41) is 11.5. The third kappa shape index (κ3) is 5.51. The van der Waals surface area contributed by atoms with Crippen LogP contribution in [0.1, 0.15) is 23.4 Å². The molecular weight excluding hydrogens is 378 g/mol. The van der Waals surface area contributed by atoms with Gasteiger partial charge in [0.1, 0.15) is 5.76 Å². The predicted octanol–water partition coefficient (Wildman–Crippen LogP) is 3.09. The number of ether oxygens (including phenoxy) is 1. The molecule has 2 N–H and O–H groups in total. The molecule has 1 atom stereocenters. The molecule has 2 aromatic heterocycles. The van der Waals surface area contributed by atoms with Gasteiger partial charge in [-0.1, -0.05) is 18.2 Å². The Labute approximate surface area is 177 Å². The van der Waals surface area contributed by atoms with E-state index in [0.29, 0.717) is 12.5 Å². The molecule has 0 bridgehead atoms. The van der Waals surface area contributed by atoms with E-state index in [-0.39, 0.29) is 0 Å². The molecule has 1 unspecified atom stereocenters. The van der Waals surface area contributed by atoms with Crippen LogP contribution in [0.25, 0.3) is 5.69 Å². The highest BCUT2D eigenvalue weighted by Crippen LogP contribution is 2.15. The van der Waals surface area contributed by atoms with Gasteiger partial charge < -0.3 is 19.8 Å². The van der Waals surface area contributed by atoms with Gasteiger partial charge in [-0.25, -0.2) is 9.67 Å². The lowest BCUT2D eigenvalue weighted by molar-refractivity contribution is 0.186. The Hall–Kier alpha value is -3.06. The highest BCUT2D eigenvalue weighted by atomic mass is 16.5. The first-order chi connectivity index (χ1) is 14.8. The summed E-state index contributed by atoms with van der Waals surface area (Å²) in [6, 6.07) is 14.2. The van der Waals surface area contributed by atoms with E-state index < -0.39 is 0 Å². The molecule has 1 saturated heterocycles. The summed E-state index contributed by atoms with van der Waals surface area (Å²) in [4.78, 5) is 4.85. The Morgan fingerprint density at radius 1 is 1.20 bits per heavy atom. The van der Waals surface area contributed by atoms with E-state index in [1.165, 1.54) is 0 Å². The van der Waals surface area contributed by atoms with Gasteiger partial charge in [0.15, 0.2) is 5.96 Å². The van der Waals surface area contributed by atoms with E-state index in [2.05, 4.69) is 27.9 Å². The summed E-state index contributed by atoms with van der Waals surface area (Å²) in [6.45, 7) is 5.82. The molecule has 3 aromatic rings. The van der Waals surface area contributed by atoms with Crippen LogP contribution in [0.3, 0.4) is 0 Å². The zero-order valence-electron chi connectivity index (χ0n) is 17.4. The standard InChI is InChI=1S/C23H29N5O2/c1-18-9-12-28(27-18)22-7-3-2-5-20(22)16-26-23(25-15-19-10-14-29-17-19)24-11-8-21-6-4-13-30-21/h2-7,9,12-13,19H,8,10-11,14-17H2,1H3,(H2,24,25,26). The second kappa shape index (κ2) is 10.1. The first-order valence-corrected chi connectivity index (χ1v) is 10.5. The van der Waals surface area contributed by atoms with Crippen molar-refractivity contribution in [2.75, 3.05) is 26.3 Å². The number of aryl methyl sites for hydroxylation is 1. The topological polar surface area (TPSA) is 76.6 Å². The van der Waals surface area contributed by atoms with Gasteiger partial charge in [-0.3, -0.25) is 0 Å². The number of nitrogens with zero attached hydrogens (tertiary/aromatic N) is 3. The van der Waals surface area contributed by atoms with E-state index in [0.717, 1.165) is 67.8 Å². The number of aliphatic imine (C=N–C) groups is 1. The lowest BCUT2D eigenvalue weighted by atomic mass is 10.1. The number of aromatic nitrogens is 2. The lowest BCUT2D eigenvalue weighted by Gasteiger charge is -2.15. The number of nitrogens with one attached hydrogen (secondary N) is 2. The SMILES string of the molecule is Cc1ccn(-c2ccccc2CN=C(NCCc2ccco2)NCC2CCOC2)n1. The Kier molecular flexibility index (Phi) is 6.82. The summed E-state index contributed by atoms with van der Waals surface area (Å²) >= 11 is 0. The van der Waals surface area contributed by atoms with E-state index in [1.807, 2.05) is 48.1 Å². The second-order valence-electron chi connectivity index (χ2n) is 7.56. The largest absolute Gasteiger partial charge is 0.469 e. The highest BCUT2D eigenvalue weighted by molar-refractivity contribution is 5.79. The number of hydrogen-bond acceptors (Lipinski definition) is 4. The fourth-order valence-electron chi connectivity index (χ4n) is 3.50. The molecule has 7 heteroatoms. The average Bonchev–Trinajstić information content (AvgIpc) is 3.53. The molecule has 1 aromatic carbocycles. The molecule has 1 aliphatic rings. The maximum absolute atomic E-state index is 5.49. The van der Waals surface area contributed by atoms with Crippen molar-refractivity contribution in [3.8, 4) is 5.69 Å². The highest BCUT2D eigenvalue weighted by Gasteiger charge is 2.16. The summed E-state index contributed by atoms with van der Waals surface area (Å²) in [5.74, 6) is 2.30. The molecule has 1 fully saturated rings. The van der Waals surface area contributed by atoms with Gasteiger partial charge in [0, 0.05) is 38.2 Å². The minimum absolute atomic E-state index is 0.529. The Morgan fingerprint density at radius 3 is 2.90 bits per heavy atom. The van der Waals surface area contributed by atoms with Gasteiger partial charge in [-0.2, -0.15) is 5.10 Å². The first kappa shape index (κ1) is 20.2. The first-order valence-electron chi connectivity index (χ1n) is 10.5. The van der Waals surface area contributed by atoms with E-state index in [1.54, 1.807) is 6.26 Å². The average molecular weight is 408 g/mol. The number of rotatable bonds is 8. The van der Waals surface area contributed by atoms with Crippen LogP contribution >= 0.6 is 0 Å². The molecule has 0 aliphatic carbocycles. The van der Waals surface area contributed by atoms with Crippen LogP contribution < -0.4 is 10.6 Å². The Bertz CT molecular complexity index is 942. The van der Waals surface area contributed by atoms with Gasteiger partial charge in [0.25, 0.3) is 0 Å². The molecule has 4 rings (SSSR count). The van der Waals surface area contributed by atoms with Crippen molar-refractivity contribution in [2.24, 2.45) is 10.9 Å². The van der Waals surface area contributed by atoms with Gasteiger partial charge in [0.2, 0.25) is 0 Å². The van der Waals surface area contributed by atoms with Crippen LogP contribution in [0, 0.1) is 12.8 Å². The molecule has 0 saturated carbocycles. The van der Waals surface area contributed by atoms with Crippen LogP contribution in [0.4, 0.5) is 0 Å². The Balaban J connectivity index is 1.43. The summed E-state index contributed by atoms with van der Waals surface area (Å²) in [7, 11) is 0. The fourth-order valence-corrected chi connectivity index (χ4v) is 3.50. The second-order valence-corrected chi connectivity index (χ2v) is 7.56. The van der Waals surface area contributed by atoms with Crippen LogP contribution in [0.5, 0.6) is 0 Å². The van der Waals surface area contributed by atoms with Gasteiger partial charge in [-0.05, 0) is 43.2 Å². The minimum Gasteiger partial charge on any atom is -0.469 e. The van der Waals surface area contributed by atoms with Crippen molar-refractivity contribution in [3.05, 3.63) is 71.9 Å². The molecule has 30 heavy (non-hydrogen) atoms. The fraction of sp³-hybridized carbons (Fsp3) is 0.391. The van der Waals surface area contributed by atoms with E-state index in [4.69, 9.17) is 14.1 Å². The maximum atomic E-state index is 5.49. The number of para-hydroxylation sites is 1. The van der Waals surface area contributed by atoms with Crippen molar-refractivity contribution in [1.29, 1.82) is 0 Å². The molecule has 3 heterocycles. The molecule has 0 radical (unpaired) electrons. The van der Waals surface area contributed by atoms with Crippen molar-refractivity contribution in [2.45, 2.75) is 26.3 Å². The summed E-state index contributed by atoms with van der Waals surface area (Å²) in [6.07, 6.45) is 5.59. The Morgan fingerprint density at radius 2 is 2.13 bits per heavy atom. The number of hydrogen-bond donors (Lipinski definition) is 2. The zero-order valence-corrected chi connectivity index (χ0v) is 17.4. The third-order valence-electron chi connectivity index (χ3n) is 5.19. The quantitative estimate of drug-likeness (QED) is 0.443. The smallest absolute Gasteiger partial charge is 0.191 e. The summed E-state index contributed by atoms with van der Waals surface area (Å²) in [5.41, 5.74) is 3.17. The van der Waals surface area contributed by atoms with Crippen LogP contribution in [0.15, 0.2) is 64.3 Å². The van der Waals surface area contributed by atoms with Gasteiger partial charge >= 0.3 is 0 Å². The summed E-state index contributed by atoms with van der Waals surface area (Å²) < 4.78 is 12.8. The van der Waals surface area contributed by atoms with E-state index >= 15 is 0 Å². The molecule has 158 valence electrons. The normalized spacial score (nSPS) is 16.7. The predicted molar refractivity (Wildman–Crippen MR) is 117 cm³/mol. The molecule has 0 amide bonds. The van der Waals surface area contributed by atoms with Crippen molar-refractivity contribution < 1.29 is 9.15 Å². The number of benzene rings is 1. The molecular formula is C23H29N5O2. The van der Waals surface area contributed by atoms with Crippen LogP contribution in [-0.2, 0) is 17.7 Å². The minimum atomic E-state index is 0.529. The van der Waals surface area contributed by atoms with Crippen molar-refractivity contribution >= 4 is 5.96 Å². The zero-order chi connectivity index (χ0) is 20.6. The molecule has 7 nitrogen and oxygen atoms in total. The lowest BCUT2D eigenvalue weighted by Crippen LogP contribution is -2.41. The number of guanidine groups is 1. The van der Waals surface area contributed by atoms with Gasteiger partial charge in [0.05, 0.1) is 30.8 Å². The van der Waals surface area contributed by atoms with Crippen LogP contribution in [0.2, 0.25) is 0 Å². The maximum Gasteiger partial charge on any atom is 0.191 e. The van der Waals surface area contributed by atoms with Crippen molar-refractivity contribution in [1.82, 2.24) is 20.4 Å². The van der Waals surface area contributed by atoms with Crippen LogP contribution in [-0.4, -0.2) is 42.0 Å². The monoisotopic (exact) mass is 407 g/mol. The van der Waals surface area contributed by atoms with Gasteiger partial charge in [-0.15, -0.1) is 0 Å². The molecule has 1 aliphatic heterocycles. The number of furan rings is 1. The molecule has 0 spiro atoms. The van der Waals surface area contributed by atoms with Crippen molar-refractivity contribution in [3.63, 3.8) is 0 Å².